The topological polar surface area (TPSA) is 90.2 Å². The number of benzene rings is 3. The molecule has 5 aromatic rings. The fourth-order valence-electron chi connectivity index (χ4n) is 5.16. The zero-order valence-electron chi connectivity index (χ0n) is 23.9. The van der Waals surface area contributed by atoms with Crippen LogP contribution in [0.15, 0.2) is 83.8 Å². The van der Waals surface area contributed by atoms with Crippen LogP contribution in [-0.2, 0) is 19.6 Å². The Morgan fingerprint density at radius 3 is 2.10 bits per heavy atom. The summed E-state index contributed by atoms with van der Waals surface area (Å²) < 4.78 is 18.3. The van der Waals surface area contributed by atoms with Crippen LogP contribution in [0, 0.1) is 0 Å². The molecule has 0 unspecified atom stereocenters. The molecule has 1 N–H and O–H groups in total. The Morgan fingerprint density at radius 2 is 1.48 bits per heavy atom. The van der Waals surface area contributed by atoms with Crippen LogP contribution in [-0.4, -0.2) is 48.9 Å². The highest BCUT2D eigenvalue weighted by Gasteiger charge is 2.24. The van der Waals surface area contributed by atoms with Gasteiger partial charge in [-0.3, -0.25) is 9.69 Å². The molecule has 0 aliphatic rings. The normalized spacial score (nSPS) is 11.2. The molecule has 0 fully saturated rings. The summed E-state index contributed by atoms with van der Waals surface area (Å²) in [6, 6.07) is 23.1. The molecule has 0 aliphatic carbocycles. The number of ether oxygens (including phenoxy) is 3. The Hall–Kier alpha value is -4.60. The molecule has 3 aromatic carbocycles. The molecule has 0 amide bonds. The SMILES string of the molecule is COc1ccc(-c2sc3c(c2CN(C)Cc2ccccc2OC)c(=O)c(C(=O)O)cn3Cc2ccccc2OC)cc1. The molecule has 42 heavy (non-hydrogen) atoms. The molecule has 0 bridgehead atoms. The van der Waals surface area contributed by atoms with Gasteiger partial charge >= 0.3 is 5.97 Å². The molecule has 5 rings (SSSR count). The van der Waals surface area contributed by atoms with Crippen molar-refractivity contribution in [3.8, 4) is 27.7 Å². The maximum atomic E-state index is 13.8. The highest BCUT2D eigenvalue weighted by atomic mass is 32.1. The minimum absolute atomic E-state index is 0.273. The minimum Gasteiger partial charge on any atom is -0.497 e. The number of methoxy groups -OCH3 is 3. The van der Waals surface area contributed by atoms with Gasteiger partial charge in [0.25, 0.3) is 0 Å². The van der Waals surface area contributed by atoms with Gasteiger partial charge in [0.15, 0.2) is 0 Å². The van der Waals surface area contributed by atoms with Gasteiger partial charge in [-0.2, -0.15) is 0 Å². The van der Waals surface area contributed by atoms with Crippen LogP contribution in [0.1, 0.15) is 27.0 Å². The van der Waals surface area contributed by atoms with Gasteiger partial charge in [-0.15, -0.1) is 11.3 Å². The van der Waals surface area contributed by atoms with Gasteiger partial charge in [0.05, 0.1) is 33.3 Å². The number of carboxylic acid groups (broad SMARTS) is 1. The van der Waals surface area contributed by atoms with Gasteiger partial charge in [-0.25, -0.2) is 4.79 Å². The first kappa shape index (κ1) is 28.9. The lowest BCUT2D eigenvalue weighted by Crippen LogP contribution is -2.22. The van der Waals surface area contributed by atoms with Crippen LogP contribution in [0.25, 0.3) is 20.7 Å². The van der Waals surface area contributed by atoms with Crippen LogP contribution in [0.2, 0.25) is 0 Å². The number of hydrogen-bond donors (Lipinski definition) is 1. The second-order valence-electron chi connectivity index (χ2n) is 9.92. The number of hydrogen-bond acceptors (Lipinski definition) is 7. The smallest absolute Gasteiger partial charge is 0.341 e. The number of nitrogens with zero attached hydrogens (tertiary/aromatic N) is 2. The summed E-state index contributed by atoms with van der Waals surface area (Å²) in [5.74, 6) is 0.923. The lowest BCUT2D eigenvalue weighted by atomic mass is 10.0. The van der Waals surface area contributed by atoms with Crippen LogP contribution in [0.3, 0.4) is 0 Å². The number of carboxylic acids is 1. The number of fused-ring (bicyclic) bond motifs is 1. The van der Waals surface area contributed by atoms with Gasteiger partial charge in [-0.05, 0) is 54.6 Å². The van der Waals surface area contributed by atoms with Crippen molar-refractivity contribution in [2.24, 2.45) is 0 Å². The maximum Gasteiger partial charge on any atom is 0.341 e. The molecule has 2 aromatic heterocycles. The molecule has 0 spiro atoms. The molecule has 0 saturated heterocycles. The first-order chi connectivity index (χ1) is 20.3. The van der Waals surface area contributed by atoms with E-state index in [0.717, 1.165) is 38.6 Å². The van der Waals surface area contributed by atoms with Crippen molar-refractivity contribution in [2.75, 3.05) is 28.4 Å². The van der Waals surface area contributed by atoms with Crippen LogP contribution in [0.4, 0.5) is 0 Å². The molecule has 0 aliphatic heterocycles. The second-order valence-corrected chi connectivity index (χ2v) is 10.9. The zero-order chi connectivity index (χ0) is 29.8. The average molecular weight is 585 g/mol. The summed E-state index contributed by atoms with van der Waals surface area (Å²) >= 11 is 1.48. The van der Waals surface area contributed by atoms with Gasteiger partial charge in [0, 0.05) is 35.3 Å². The van der Waals surface area contributed by atoms with Crippen molar-refractivity contribution in [2.45, 2.75) is 19.6 Å². The lowest BCUT2D eigenvalue weighted by Gasteiger charge is -2.19. The quantitative estimate of drug-likeness (QED) is 0.200. The Morgan fingerprint density at radius 1 is 0.857 bits per heavy atom. The molecule has 0 saturated carbocycles. The Labute approximate surface area is 247 Å². The molecule has 8 nitrogen and oxygen atoms in total. The zero-order valence-corrected chi connectivity index (χ0v) is 24.7. The van der Waals surface area contributed by atoms with Crippen molar-refractivity contribution in [3.05, 3.63) is 111 Å². The summed E-state index contributed by atoms with van der Waals surface area (Å²) in [5.41, 5.74) is 2.80. The minimum atomic E-state index is -1.26. The molecule has 0 atom stereocenters. The number of thiophene rings is 1. The standard InChI is InChI=1S/C33H32N2O6S/c1-34(17-22-9-5-7-11-27(22)40-3)19-25-29-30(36)26(33(37)38)20-35(18-23-10-6-8-12-28(23)41-4)32(29)42-31(25)21-13-15-24(39-2)16-14-21/h5-16,20H,17-19H2,1-4H3,(H,37,38). The van der Waals surface area contributed by atoms with E-state index < -0.39 is 11.4 Å². The number of aromatic nitrogens is 1. The summed E-state index contributed by atoms with van der Waals surface area (Å²) in [5, 5.41) is 10.5. The van der Waals surface area contributed by atoms with E-state index in [9.17, 15) is 14.7 Å². The molecular formula is C33H32N2O6S. The van der Waals surface area contributed by atoms with E-state index in [1.807, 2.05) is 84.4 Å². The largest absolute Gasteiger partial charge is 0.497 e. The number of rotatable bonds is 11. The summed E-state index contributed by atoms with van der Waals surface area (Å²) in [4.78, 5) is 29.8. The van der Waals surface area contributed by atoms with Gasteiger partial charge in [-0.1, -0.05) is 36.4 Å². The number of para-hydroxylation sites is 2. The van der Waals surface area contributed by atoms with Crippen molar-refractivity contribution < 1.29 is 24.1 Å². The number of pyridine rings is 1. The fourth-order valence-corrected chi connectivity index (χ4v) is 6.45. The summed E-state index contributed by atoms with van der Waals surface area (Å²) in [7, 11) is 6.84. The van der Waals surface area contributed by atoms with Crippen LogP contribution in [0.5, 0.6) is 17.2 Å². The third kappa shape index (κ3) is 5.74. The Balaban J connectivity index is 1.71. The van der Waals surface area contributed by atoms with E-state index in [4.69, 9.17) is 14.2 Å². The predicted molar refractivity (Wildman–Crippen MR) is 165 cm³/mol. The monoisotopic (exact) mass is 584 g/mol. The number of aromatic carboxylic acids is 1. The molecule has 216 valence electrons. The Bertz CT molecular complexity index is 1790. The van der Waals surface area contributed by atoms with Crippen molar-refractivity contribution in [1.29, 1.82) is 0 Å². The lowest BCUT2D eigenvalue weighted by molar-refractivity contribution is 0.0695. The van der Waals surface area contributed by atoms with E-state index in [1.54, 1.807) is 21.3 Å². The van der Waals surface area contributed by atoms with E-state index in [1.165, 1.54) is 17.5 Å². The van der Waals surface area contributed by atoms with Crippen molar-refractivity contribution in [3.63, 3.8) is 0 Å². The molecule has 0 radical (unpaired) electrons. The average Bonchev–Trinajstić information content (AvgIpc) is 3.38. The van der Waals surface area contributed by atoms with Gasteiger partial charge in [0.2, 0.25) is 5.43 Å². The fraction of sp³-hybridized carbons (Fsp3) is 0.212. The van der Waals surface area contributed by atoms with E-state index in [0.29, 0.717) is 35.6 Å². The first-order valence-corrected chi connectivity index (χ1v) is 14.1. The van der Waals surface area contributed by atoms with Crippen LogP contribution < -0.4 is 19.6 Å². The molecule has 9 heteroatoms. The number of carbonyl (C=O) groups is 1. The molecular weight excluding hydrogens is 552 g/mol. The third-order valence-electron chi connectivity index (χ3n) is 7.18. The van der Waals surface area contributed by atoms with Crippen molar-refractivity contribution >= 4 is 27.5 Å². The second kappa shape index (κ2) is 12.5. The van der Waals surface area contributed by atoms with Gasteiger partial charge < -0.3 is 23.9 Å². The van der Waals surface area contributed by atoms with E-state index in [-0.39, 0.29) is 5.56 Å². The van der Waals surface area contributed by atoms with E-state index >= 15 is 0 Å². The molecule has 2 heterocycles. The van der Waals surface area contributed by atoms with Crippen LogP contribution >= 0.6 is 11.3 Å². The summed E-state index contributed by atoms with van der Waals surface area (Å²) in [6.45, 7) is 1.31. The third-order valence-corrected chi connectivity index (χ3v) is 8.50. The summed E-state index contributed by atoms with van der Waals surface area (Å²) in [6.07, 6.45) is 1.44. The highest BCUT2D eigenvalue weighted by Crippen LogP contribution is 2.39. The van der Waals surface area contributed by atoms with Gasteiger partial charge in [0.1, 0.15) is 27.6 Å². The highest BCUT2D eigenvalue weighted by molar-refractivity contribution is 7.22. The maximum absolute atomic E-state index is 13.8. The predicted octanol–water partition coefficient (Wildman–Crippen LogP) is 6.13. The van der Waals surface area contributed by atoms with Crippen molar-refractivity contribution in [1.82, 2.24) is 9.47 Å². The first-order valence-electron chi connectivity index (χ1n) is 13.3. The Kier molecular flexibility index (Phi) is 8.61. The van der Waals surface area contributed by atoms with E-state index in [2.05, 4.69) is 4.90 Å².